The van der Waals surface area contributed by atoms with Crippen LogP contribution in [0.1, 0.15) is 18.4 Å². The Bertz CT molecular complexity index is 428. The number of hydrogen-bond acceptors (Lipinski definition) is 3. The van der Waals surface area contributed by atoms with Crippen LogP contribution in [0, 0.1) is 0 Å². The van der Waals surface area contributed by atoms with Crippen molar-refractivity contribution in [2.75, 3.05) is 6.61 Å². The SMILES string of the molecule is C=CC(=O)O/C=C/c1ccccc1.F[SiH]1CCCCO1. The molecule has 1 unspecified atom stereocenters. The van der Waals surface area contributed by atoms with Gasteiger partial charge in [-0.2, -0.15) is 0 Å². The van der Waals surface area contributed by atoms with Crippen molar-refractivity contribution in [3.8, 4) is 0 Å². The van der Waals surface area contributed by atoms with E-state index in [9.17, 15) is 8.90 Å². The molecule has 0 amide bonds. The average Bonchev–Trinajstić information content (AvgIpc) is 2.49. The standard InChI is InChI=1S/C11H10O2.C4H9FOSi/c1-2-11(12)13-9-8-10-6-4-3-5-7-10;5-7-4-2-1-3-6-7/h2-9H,1H2;7H,1-4H2/b9-8+;. The molecule has 20 heavy (non-hydrogen) atoms. The van der Waals surface area contributed by atoms with Gasteiger partial charge in [0.25, 0.3) is 0 Å². The molecule has 1 heterocycles. The Balaban J connectivity index is 0.000000240. The highest BCUT2D eigenvalue weighted by molar-refractivity contribution is 6.43. The fourth-order valence-corrected chi connectivity index (χ4v) is 2.69. The molecule has 0 aromatic heterocycles. The molecular formula is C15H19FO3Si. The van der Waals surface area contributed by atoms with Crippen LogP contribution in [0.15, 0.2) is 49.2 Å². The van der Waals surface area contributed by atoms with Crippen molar-refractivity contribution in [1.82, 2.24) is 0 Å². The first-order valence-corrected chi connectivity index (χ1v) is 8.25. The topological polar surface area (TPSA) is 35.5 Å². The van der Waals surface area contributed by atoms with E-state index >= 15 is 0 Å². The van der Waals surface area contributed by atoms with Crippen molar-refractivity contribution >= 4 is 21.4 Å². The van der Waals surface area contributed by atoms with Crippen LogP contribution in [0.2, 0.25) is 6.04 Å². The normalized spacial score (nSPS) is 17.9. The third-order valence-electron chi connectivity index (χ3n) is 2.54. The van der Waals surface area contributed by atoms with Gasteiger partial charge in [0.2, 0.25) is 0 Å². The summed E-state index contributed by atoms with van der Waals surface area (Å²) in [4.78, 5) is 10.6. The lowest BCUT2D eigenvalue weighted by Crippen LogP contribution is -2.17. The average molecular weight is 294 g/mol. The minimum Gasteiger partial charge on any atom is -0.431 e. The van der Waals surface area contributed by atoms with Crippen LogP contribution in [0.3, 0.4) is 0 Å². The zero-order valence-electron chi connectivity index (χ0n) is 11.3. The molecule has 1 atom stereocenters. The van der Waals surface area contributed by atoms with Gasteiger partial charge in [0, 0.05) is 12.7 Å². The van der Waals surface area contributed by atoms with Gasteiger partial charge in [0.1, 0.15) is 0 Å². The molecule has 5 heteroatoms. The quantitative estimate of drug-likeness (QED) is 0.282. The zero-order chi connectivity index (χ0) is 14.6. The van der Waals surface area contributed by atoms with Crippen molar-refractivity contribution in [2.24, 2.45) is 0 Å². The number of esters is 1. The van der Waals surface area contributed by atoms with Crippen LogP contribution in [0.5, 0.6) is 0 Å². The first-order valence-electron chi connectivity index (χ1n) is 6.52. The van der Waals surface area contributed by atoms with E-state index in [1.807, 2.05) is 30.3 Å². The van der Waals surface area contributed by atoms with Crippen LogP contribution < -0.4 is 0 Å². The van der Waals surface area contributed by atoms with Gasteiger partial charge in [-0.05, 0) is 30.5 Å². The van der Waals surface area contributed by atoms with E-state index in [1.54, 1.807) is 6.08 Å². The molecule has 1 fully saturated rings. The van der Waals surface area contributed by atoms with Crippen LogP contribution in [0.25, 0.3) is 6.08 Å². The fraction of sp³-hybridized carbons (Fsp3) is 0.267. The van der Waals surface area contributed by atoms with Crippen molar-refractivity contribution in [3.05, 3.63) is 54.8 Å². The van der Waals surface area contributed by atoms with E-state index < -0.39 is 15.3 Å². The summed E-state index contributed by atoms with van der Waals surface area (Å²) in [6.45, 7) is 3.95. The Morgan fingerprint density at radius 3 is 2.60 bits per heavy atom. The van der Waals surface area contributed by atoms with E-state index in [4.69, 9.17) is 4.43 Å². The molecule has 2 rings (SSSR count). The summed E-state index contributed by atoms with van der Waals surface area (Å²) in [5, 5.41) is 0. The molecule has 0 bridgehead atoms. The maximum atomic E-state index is 12.1. The van der Waals surface area contributed by atoms with Gasteiger partial charge in [-0.3, -0.25) is 4.11 Å². The first kappa shape index (κ1) is 16.3. The Morgan fingerprint density at radius 1 is 1.35 bits per heavy atom. The molecule has 1 aromatic carbocycles. The molecule has 0 N–H and O–H groups in total. The molecule has 1 aliphatic rings. The molecule has 3 nitrogen and oxygen atoms in total. The summed E-state index contributed by atoms with van der Waals surface area (Å²) in [6, 6.07) is 10.3. The number of carbonyl (C=O) groups is 1. The largest absolute Gasteiger partial charge is 0.431 e. The molecular weight excluding hydrogens is 275 g/mol. The number of hydrogen-bond donors (Lipinski definition) is 0. The summed E-state index contributed by atoms with van der Waals surface area (Å²) >= 11 is 0. The van der Waals surface area contributed by atoms with Crippen molar-refractivity contribution in [3.63, 3.8) is 0 Å². The lowest BCUT2D eigenvalue weighted by atomic mass is 10.2. The molecule has 1 aromatic rings. The minimum atomic E-state index is -2.09. The smallest absolute Gasteiger partial charge is 0.368 e. The van der Waals surface area contributed by atoms with Crippen molar-refractivity contribution < 1.29 is 18.1 Å². The van der Waals surface area contributed by atoms with Gasteiger partial charge < -0.3 is 9.16 Å². The summed E-state index contributed by atoms with van der Waals surface area (Å²) in [6.07, 6.45) is 6.29. The molecule has 108 valence electrons. The summed E-state index contributed by atoms with van der Waals surface area (Å²) in [5.41, 5.74) is 0.986. The molecule has 0 radical (unpaired) electrons. The Kier molecular flexibility index (Phi) is 8.26. The van der Waals surface area contributed by atoms with Gasteiger partial charge >= 0.3 is 15.3 Å². The van der Waals surface area contributed by atoms with E-state index in [1.165, 1.54) is 6.26 Å². The molecule has 1 saturated heterocycles. The predicted octanol–water partition coefficient (Wildman–Crippen LogP) is 3.37. The lowest BCUT2D eigenvalue weighted by Gasteiger charge is -2.12. The Hall–Kier alpha value is -1.72. The van der Waals surface area contributed by atoms with Crippen LogP contribution in [0.4, 0.5) is 4.11 Å². The number of halogens is 1. The van der Waals surface area contributed by atoms with Crippen molar-refractivity contribution in [2.45, 2.75) is 18.9 Å². The fourth-order valence-electron chi connectivity index (χ4n) is 1.49. The van der Waals surface area contributed by atoms with E-state index in [0.717, 1.165) is 30.5 Å². The second-order valence-electron chi connectivity index (χ2n) is 4.13. The minimum absolute atomic E-state index is 0.452. The second kappa shape index (κ2) is 10.1. The predicted molar refractivity (Wildman–Crippen MR) is 80.0 cm³/mol. The zero-order valence-corrected chi connectivity index (χ0v) is 12.5. The molecule has 0 saturated carbocycles. The molecule has 0 aliphatic carbocycles. The summed E-state index contributed by atoms with van der Waals surface area (Å²) in [7, 11) is -2.09. The maximum absolute atomic E-state index is 12.1. The van der Waals surface area contributed by atoms with Crippen LogP contribution >= 0.6 is 0 Å². The van der Waals surface area contributed by atoms with Crippen molar-refractivity contribution in [1.29, 1.82) is 0 Å². The van der Waals surface area contributed by atoms with E-state index in [0.29, 0.717) is 6.61 Å². The van der Waals surface area contributed by atoms with Crippen LogP contribution in [-0.2, 0) is 14.0 Å². The number of benzene rings is 1. The summed E-state index contributed by atoms with van der Waals surface area (Å²) in [5.74, 6) is -0.452. The number of carbonyl (C=O) groups excluding carboxylic acids is 1. The van der Waals surface area contributed by atoms with Crippen LogP contribution in [-0.4, -0.2) is 22.0 Å². The van der Waals surface area contributed by atoms with Gasteiger partial charge in [-0.15, -0.1) is 0 Å². The highest BCUT2D eigenvalue weighted by atomic mass is 28.3. The Morgan fingerprint density at radius 2 is 2.10 bits per heavy atom. The van der Waals surface area contributed by atoms with Gasteiger partial charge in [0.15, 0.2) is 0 Å². The van der Waals surface area contributed by atoms with Gasteiger partial charge in [-0.25, -0.2) is 4.79 Å². The van der Waals surface area contributed by atoms with E-state index in [-0.39, 0.29) is 0 Å². The van der Waals surface area contributed by atoms with Gasteiger partial charge in [0.05, 0.1) is 6.26 Å². The van der Waals surface area contributed by atoms with Gasteiger partial charge in [-0.1, -0.05) is 36.9 Å². The lowest BCUT2D eigenvalue weighted by molar-refractivity contribution is -0.132. The summed E-state index contributed by atoms with van der Waals surface area (Å²) < 4.78 is 21.5. The highest BCUT2D eigenvalue weighted by Gasteiger charge is 2.13. The molecule has 1 aliphatic heterocycles. The van der Waals surface area contributed by atoms with E-state index in [2.05, 4.69) is 11.3 Å². The Labute approximate surface area is 120 Å². The number of ether oxygens (including phenoxy) is 1. The third kappa shape index (κ3) is 7.65. The second-order valence-corrected chi connectivity index (χ2v) is 5.86. The number of rotatable bonds is 3. The first-order chi connectivity index (χ1) is 9.72. The highest BCUT2D eigenvalue weighted by Crippen LogP contribution is 2.10. The third-order valence-corrected chi connectivity index (χ3v) is 3.99. The monoisotopic (exact) mass is 294 g/mol. The molecule has 0 spiro atoms. The maximum Gasteiger partial charge on any atom is 0.368 e.